The first-order valence-electron chi connectivity index (χ1n) is 7.03. The molecule has 0 aliphatic carbocycles. The predicted octanol–water partition coefficient (Wildman–Crippen LogP) is 3.75. The standard InChI is InChI=1S/C17H13F2NO2S2/c18-12-3-1-4-13(19)15(12)16(21)20-10-17(22,11-6-8-23-9-11)14-5-2-7-24-14/h1-9,22H,10H2,(H,20,21). The van der Waals surface area contributed by atoms with E-state index in [1.54, 1.807) is 23.6 Å². The average molecular weight is 365 g/mol. The lowest BCUT2D eigenvalue weighted by molar-refractivity contribution is 0.0716. The molecule has 7 heteroatoms. The van der Waals surface area contributed by atoms with E-state index in [1.807, 2.05) is 10.8 Å². The van der Waals surface area contributed by atoms with Crippen LogP contribution in [0.5, 0.6) is 0 Å². The number of halogens is 2. The van der Waals surface area contributed by atoms with E-state index < -0.39 is 28.7 Å². The van der Waals surface area contributed by atoms with Crippen LogP contribution in [0, 0.1) is 11.6 Å². The maximum Gasteiger partial charge on any atom is 0.257 e. The number of rotatable bonds is 5. The summed E-state index contributed by atoms with van der Waals surface area (Å²) in [7, 11) is 0. The van der Waals surface area contributed by atoms with Crippen molar-refractivity contribution in [3.8, 4) is 0 Å². The first-order chi connectivity index (χ1) is 11.5. The monoisotopic (exact) mass is 365 g/mol. The highest BCUT2D eigenvalue weighted by Crippen LogP contribution is 2.33. The van der Waals surface area contributed by atoms with Crippen molar-refractivity contribution >= 4 is 28.6 Å². The van der Waals surface area contributed by atoms with Crippen LogP contribution in [0.2, 0.25) is 0 Å². The maximum absolute atomic E-state index is 13.7. The Bertz CT molecular complexity index is 778. The van der Waals surface area contributed by atoms with Crippen LogP contribution < -0.4 is 5.32 Å². The molecule has 3 rings (SSSR count). The molecule has 0 bridgehead atoms. The van der Waals surface area contributed by atoms with Crippen LogP contribution >= 0.6 is 22.7 Å². The van der Waals surface area contributed by atoms with Gasteiger partial charge in [-0.25, -0.2) is 8.78 Å². The summed E-state index contributed by atoms with van der Waals surface area (Å²) < 4.78 is 27.4. The number of hydrogen-bond donors (Lipinski definition) is 2. The molecule has 1 unspecified atom stereocenters. The van der Waals surface area contributed by atoms with E-state index in [0.29, 0.717) is 10.4 Å². The Morgan fingerprint density at radius 1 is 1.12 bits per heavy atom. The molecule has 0 saturated heterocycles. The van der Waals surface area contributed by atoms with Crippen LogP contribution in [0.4, 0.5) is 8.78 Å². The number of carbonyl (C=O) groups is 1. The molecule has 1 amide bonds. The molecule has 124 valence electrons. The number of thiophene rings is 2. The lowest BCUT2D eigenvalue weighted by Gasteiger charge is -2.27. The van der Waals surface area contributed by atoms with Gasteiger partial charge in [-0.1, -0.05) is 12.1 Å². The Morgan fingerprint density at radius 2 is 1.88 bits per heavy atom. The molecule has 2 N–H and O–H groups in total. The molecule has 0 saturated carbocycles. The highest BCUT2D eigenvalue weighted by Gasteiger charge is 2.34. The van der Waals surface area contributed by atoms with Crippen LogP contribution in [0.15, 0.2) is 52.5 Å². The van der Waals surface area contributed by atoms with E-state index in [9.17, 15) is 18.7 Å². The van der Waals surface area contributed by atoms with Gasteiger partial charge in [0.25, 0.3) is 5.91 Å². The zero-order valence-electron chi connectivity index (χ0n) is 12.3. The number of nitrogens with one attached hydrogen (secondary N) is 1. The second kappa shape index (κ2) is 6.80. The molecule has 2 aromatic heterocycles. The second-order valence-corrected chi connectivity index (χ2v) is 6.86. The topological polar surface area (TPSA) is 49.3 Å². The van der Waals surface area contributed by atoms with Crippen molar-refractivity contribution in [1.29, 1.82) is 0 Å². The van der Waals surface area contributed by atoms with Crippen LogP contribution in [0.1, 0.15) is 20.8 Å². The Labute approximate surface area is 145 Å². The SMILES string of the molecule is O=C(NCC(O)(c1ccsc1)c1cccs1)c1c(F)cccc1F. The second-order valence-electron chi connectivity index (χ2n) is 5.13. The zero-order valence-corrected chi connectivity index (χ0v) is 14.0. The van der Waals surface area contributed by atoms with Gasteiger partial charge in [-0.05, 0) is 40.4 Å². The smallest absolute Gasteiger partial charge is 0.257 e. The Balaban J connectivity index is 1.86. The highest BCUT2D eigenvalue weighted by atomic mass is 32.1. The Hall–Kier alpha value is -2.09. The van der Waals surface area contributed by atoms with Crippen molar-refractivity contribution in [2.45, 2.75) is 5.60 Å². The Morgan fingerprint density at radius 3 is 2.46 bits per heavy atom. The summed E-state index contributed by atoms with van der Waals surface area (Å²) in [6.07, 6.45) is 0. The minimum absolute atomic E-state index is 0.198. The molecule has 0 aliphatic heterocycles. The molecule has 2 heterocycles. The molecule has 0 spiro atoms. The fraction of sp³-hybridized carbons (Fsp3) is 0.118. The van der Waals surface area contributed by atoms with Crippen LogP contribution in [-0.2, 0) is 5.60 Å². The van der Waals surface area contributed by atoms with Crippen molar-refractivity contribution in [3.05, 3.63) is 80.2 Å². The quantitative estimate of drug-likeness (QED) is 0.723. The molecule has 3 aromatic rings. The number of carbonyl (C=O) groups excluding carboxylic acids is 1. The zero-order chi connectivity index (χ0) is 17.2. The summed E-state index contributed by atoms with van der Waals surface area (Å²) in [5.74, 6) is -2.79. The average Bonchev–Trinajstić information content (AvgIpc) is 3.25. The third kappa shape index (κ3) is 3.10. The van der Waals surface area contributed by atoms with Crippen molar-refractivity contribution in [3.63, 3.8) is 0 Å². The first kappa shape index (κ1) is 16.8. The van der Waals surface area contributed by atoms with Crippen LogP contribution in [-0.4, -0.2) is 17.6 Å². The summed E-state index contributed by atoms with van der Waals surface area (Å²) >= 11 is 2.75. The lowest BCUT2D eigenvalue weighted by Crippen LogP contribution is -2.41. The Kier molecular flexibility index (Phi) is 4.75. The summed E-state index contributed by atoms with van der Waals surface area (Å²) in [4.78, 5) is 12.8. The van der Waals surface area contributed by atoms with Gasteiger partial charge >= 0.3 is 0 Å². The first-order valence-corrected chi connectivity index (χ1v) is 8.86. The van der Waals surface area contributed by atoms with E-state index in [0.717, 1.165) is 12.1 Å². The van der Waals surface area contributed by atoms with Gasteiger partial charge in [-0.2, -0.15) is 11.3 Å². The number of hydrogen-bond acceptors (Lipinski definition) is 4. The van der Waals surface area contributed by atoms with Gasteiger partial charge in [0.15, 0.2) is 0 Å². The summed E-state index contributed by atoms with van der Waals surface area (Å²) in [5, 5.41) is 18.9. The number of amides is 1. The number of aliphatic hydroxyl groups is 1. The third-order valence-corrected chi connectivity index (χ3v) is 5.33. The lowest BCUT2D eigenvalue weighted by atomic mass is 9.94. The van der Waals surface area contributed by atoms with E-state index in [2.05, 4.69) is 5.32 Å². The maximum atomic E-state index is 13.7. The summed E-state index contributed by atoms with van der Waals surface area (Å²) in [5.41, 5.74) is -1.49. The van der Waals surface area contributed by atoms with Gasteiger partial charge in [-0.15, -0.1) is 11.3 Å². The highest BCUT2D eigenvalue weighted by molar-refractivity contribution is 7.10. The minimum Gasteiger partial charge on any atom is -0.378 e. The van der Waals surface area contributed by atoms with E-state index in [1.165, 1.54) is 28.7 Å². The fourth-order valence-electron chi connectivity index (χ4n) is 2.36. The molecular formula is C17H13F2NO2S2. The van der Waals surface area contributed by atoms with Gasteiger partial charge < -0.3 is 10.4 Å². The molecule has 24 heavy (non-hydrogen) atoms. The predicted molar refractivity (Wildman–Crippen MR) is 90.3 cm³/mol. The van der Waals surface area contributed by atoms with Gasteiger partial charge in [0.2, 0.25) is 0 Å². The molecule has 0 radical (unpaired) electrons. The van der Waals surface area contributed by atoms with E-state index in [4.69, 9.17) is 0 Å². The fourth-order valence-corrected chi connectivity index (χ4v) is 3.93. The largest absolute Gasteiger partial charge is 0.378 e. The molecular weight excluding hydrogens is 352 g/mol. The van der Waals surface area contributed by atoms with Crippen molar-refractivity contribution in [2.75, 3.05) is 6.54 Å². The van der Waals surface area contributed by atoms with Gasteiger partial charge in [0.05, 0.1) is 6.54 Å². The van der Waals surface area contributed by atoms with Crippen molar-refractivity contribution in [2.24, 2.45) is 0 Å². The van der Waals surface area contributed by atoms with Crippen LogP contribution in [0.3, 0.4) is 0 Å². The molecule has 3 nitrogen and oxygen atoms in total. The van der Waals surface area contributed by atoms with E-state index >= 15 is 0 Å². The van der Waals surface area contributed by atoms with Gasteiger partial charge in [-0.3, -0.25) is 4.79 Å². The molecule has 0 aliphatic rings. The summed E-state index contributed by atoms with van der Waals surface area (Å²) in [6.45, 7) is -0.198. The molecule has 0 fully saturated rings. The van der Waals surface area contributed by atoms with E-state index in [-0.39, 0.29) is 6.54 Å². The minimum atomic E-state index is -1.45. The molecule has 1 aromatic carbocycles. The molecule has 1 atom stereocenters. The van der Waals surface area contributed by atoms with Crippen molar-refractivity contribution < 1.29 is 18.7 Å². The third-order valence-electron chi connectivity index (χ3n) is 3.62. The number of benzene rings is 1. The van der Waals surface area contributed by atoms with Crippen LogP contribution in [0.25, 0.3) is 0 Å². The van der Waals surface area contributed by atoms with Gasteiger partial charge in [0.1, 0.15) is 22.8 Å². The summed E-state index contributed by atoms with van der Waals surface area (Å²) in [6, 6.07) is 8.51. The van der Waals surface area contributed by atoms with Crippen molar-refractivity contribution in [1.82, 2.24) is 5.32 Å². The van der Waals surface area contributed by atoms with Gasteiger partial charge in [0, 0.05) is 10.4 Å². The normalized spacial score (nSPS) is 13.5.